The van der Waals surface area contributed by atoms with Gasteiger partial charge in [-0.2, -0.15) is 0 Å². The quantitative estimate of drug-likeness (QED) is 0.840. The minimum absolute atomic E-state index is 0.0214. The average molecular weight is 299 g/mol. The maximum Gasteiger partial charge on any atom is 0.154 e. The van der Waals surface area contributed by atoms with Gasteiger partial charge in [0.25, 0.3) is 0 Å². The number of rotatable bonds is 7. The van der Waals surface area contributed by atoms with Gasteiger partial charge in [0.1, 0.15) is 5.75 Å². The summed E-state index contributed by atoms with van der Waals surface area (Å²) in [7, 11) is -3.14. The van der Waals surface area contributed by atoms with Gasteiger partial charge in [-0.05, 0) is 44.9 Å². The number of hydrogen-bond donors (Lipinski definition) is 1. The zero-order valence-electron chi connectivity index (χ0n) is 12.7. The van der Waals surface area contributed by atoms with Crippen molar-refractivity contribution < 1.29 is 13.2 Å². The minimum atomic E-state index is -3.14. The van der Waals surface area contributed by atoms with Gasteiger partial charge in [0, 0.05) is 6.04 Å². The van der Waals surface area contributed by atoms with Crippen molar-refractivity contribution in [2.75, 3.05) is 5.75 Å². The van der Waals surface area contributed by atoms with Gasteiger partial charge in [0.2, 0.25) is 0 Å². The molecule has 2 atom stereocenters. The largest absolute Gasteiger partial charge is 0.491 e. The summed E-state index contributed by atoms with van der Waals surface area (Å²) in [6.07, 6.45) is 0.719. The molecule has 0 bridgehead atoms. The molecule has 4 nitrogen and oxygen atoms in total. The topological polar surface area (TPSA) is 69.4 Å². The predicted octanol–water partition coefficient (Wildman–Crippen LogP) is 2.69. The van der Waals surface area contributed by atoms with Crippen LogP contribution in [0, 0.1) is 0 Å². The molecule has 5 heteroatoms. The van der Waals surface area contributed by atoms with Gasteiger partial charge in [-0.1, -0.05) is 19.1 Å². The molecule has 0 saturated carbocycles. The summed E-state index contributed by atoms with van der Waals surface area (Å²) < 4.78 is 29.7. The summed E-state index contributed by atoms with van der Waals surface area (Å²) in [5, 5.41) is -0.350. The molecular formula is C15H25NO3S. The van der Waals surface area contributed by atoms with E-state index < -0.39 is 15.9 Å². The zero-order chi connectivity index (χ0) is 15.3. The lowest BCUT2D eigenvalue weighted by atomic mass is 10.1. The van der Waals surface area contributed by atoms with Crippen molar-refractivity contribution in [2.24, 2.45) is 5.73 Å². The molecule has 0 aromatic heterocycles. The molecule has 2 N–H and O–H groups in total. The second-order valence-electron chi connectivity index (χ2n) is 5.39. The van der Waals surface area contributed by atoms with E-state index in [4.69, 9.17) is 10.5 Å². The third-order valence-corrected chi connectivity index (χ3v) is 5.66. The highest BCUT2D eigenvalue weighted by molar-refractivity contribution is 7.92. The summed E-state index contributed by atoms with van der Waals surface area (Å²) in [6.45, 7) is 7.50. The lowest BCUT2D eigenvalue weighted by molar-refractivity contribution is 0.242. The van der Waals surface area contributed by atoms with Gasteiger partial charge >= 0.3 is 0 Å². The Morgan fingerprint density at radius 1 is 1.15 bits per heavy atom. The fourth-order valence-corrected chi connectivity index (χ4v) is 3.36. The van der Waals surface area contributed by atoms with Gasteiger partial charge in [-0.3, -0.25) is 0 Å². The number of ether oxygens (including phenoxy) is 1. The molecule has 114 valence electrons. The summed E-state index contributed by atoms with van der Waals surface area (Å²) >= 11 is 0. The Morgan fingerprint density at radius 2 is 1.70 bits per heavy atom. The Morgan fingerprint density at radius 3 is 2.15 bits per heavy atom. The highest BCUT2D eigenvalue weighted by Crippen LogP contribution is 2.20. The first kappa shape index (κ1) is 17.0. The SMILES string of the molecule is CCC(C)S(=O)(=O)CC(N)c1ccc(OC(C)C)cc1. The van der Waals surface area contributed by atoms with Crippen LogP contribution in [0.3, 0.4) is 0 Å². The van der Waals surface area contributed by atoms with Crippen LogP contribution in [0.15, 0.2) is 24.3 Å². The van der Waals surface area contributed by atoms with Crippen molar-refractivity contribution in [3.63, 3.8) is 0 Å². The number of sulfone groups is 1. The average Bonchev–Trinajstić information content (AvgIpc) is 2.37. The van der Waals surface area contributed by atoms with Crippen LogP contribution in [-0.4, -0.2) is 25.5 Å². The zero-order valence-corrected chi connectivity index (χ0v) is 13.5. The minimum Gasteiger partial charge on any atom is -0.491 e. The summed E-state index contributed by atoms with van der Waals surface area (Å²) in [5.41, 5.74) is 6.82. The van der Waals surface area contributed by atoms with Crippen LogP contribution in [0.5, 0.6) is 5.75 Å². The Bertz CT molecular complexity index is 508. The monoisotopic (exact) mass is 299 g/mol. The maximum absolute atomic E-state index is 12.1. The maximum atomic E-state index is 12.1. The van der Waals surface area contributed by atoms with Crippen LogP contribution < -0.4 is 10.5 Å². The van der Waals surface area contributed by atoms with Gasteiger partial charge in [0.05, 0.1) is 17.1 Å². The molecule has 2 unspecified atom stereocenters. The van der Waals surface area contributed by atoms with Crippen LogP contribution in [0.2, 0.25) is 0 Å². The molecule has 1 aromatic carbocycles. The second-order valence-corrected chi connectivity index (χ2v) is 7.85. The summed E-state index contributed by atoms with van der Waals surface area (Å²) in [6, 6.07) is 6.81. The van der Waals surface area contributed by atoms with Gasteiger partial charge in [-0.15, -0.1) is 0 Å². The number of nitrogens with two attached hydrogens (primary N) is 1. The van der Waals surface area contributed by atoms with E-state index in [9.17, 15) is 8.42 Å². The first-order valence-electron chi connectivity index (χ1n) is 7.00. The van der Waals surface area contributed by atoms with E-state index >= 15 is 0 Å². The fourth-order valence-electron chi connectivity index (χ4n) is 1.83. The Balaban J connectivity index is 2.75. The molecule has 0 radical (unpaired) electrons. The molecule has 0 fully saturated rings. The third kappa shape index (κ3) is 4.80. The molecule has 20 heavy (non-hydrogen) atoms. The Labute approximate surface area is 122 Å². The Kier molecular flexibility index (Phi) is 6.02. The van der Waals surface area contributed by atoms with E-state index in [1.165, 1.54) is 0 Å². The third-order valence-electron chi connectivity index (χ3n) is 3.28. The van der Waals surface area contributed by atoms with Crippen molar-refractivity contribution >= 4 is 9.84 Å². The molecule has 0 aliphatic heterocycles. The van der Waals surface area contributed by atoms with E-state index in [-0.39, 0.29) is 17.1 Å². The first-order valence-corrected chi connectivity index (χ1v) is 8.71. The van der Waals surface area contributed by atoms with Gasteiger partial charge < -0.3 is 10.5 Å². The van der Waals surface area contributed by atoms with Crippen molar-refractivity contribution in [3.05, 3.63) is 29.8 Å². The van der Waals surface area contributed by atoms with Crippen LogP contribution in [0.25, 0.3) is 0 Å². The molecular weight excluding hydrogens is 274 g/mol. The van der Waals surface area contributed by atoms with Gasteiger partial charge in [-0.25, -0.2) is 8.42 Å². The van der Waals surface area contributed by atoms with E-state index in [2.05, 4.69) is 0 Å². The van der Waals surface area contributed by atoms with Crippen molar-refractivity contribution in [3.8, 4) is 5.75 Å². The van der Waals surface area contributed by atoms with Crippen molar-refractivity contribution in [1.82, 2.24) is 0 Å². The van der Waals surface area contributed by atoms with E-state index in [0.29, 0.717) is 6.42 Å². The normalized spacial score (nSPS) is 15.1. The number of hydrogen-bond acceptors (Lipinski definition) is 4. The molecule has 0 spiro atoms. The molecule has 0 amide bonds. The molecule has 1 rings (SSSR count). The smallest absolute Gasteiger partial charge is 0.154 e. The second kappa shape index (κ2) is 7.09. The van der Waals surface area contributed by atoms with Crippen LogP contribution in [0.1, 0.15) is 45.7 Å². The van der Waals surface area contributed by atoms with E-state index in [1.54, 1.807) is 6.92 Å². The lowest BCUT2D eigenvalue weighted by Crippen LogP contribution is -2.28. The summed E-state index contributed by atoms with van der Waals surface area (Å²) in [5.74, 6) is 0.743. The van der Waals surface area contributed by atoms with Crippen LogP contribution in [0.4, 0.5) is 0 Å². The molecule has 0 heterocycles. The van der Waals surface area contributed by atoms with E-state index in [1.807, 2.05) is 45.0 Å². The molecule has 1 aromatic rings. The van der Waals surface area contributed by atoms with Crippen molar-refractivity contribution in [1.29, 1.82) is 0 Å². The molecule has 0 saturated heterocycles. The Hall–Kier alpha value is -1.07. The van der Waals surface area contributed by atoms with Gasteiger partial charge in [0.15, 0.2) is 9.84 Å². The fraction of sp³-hybridized carbons (Fsp3) is 0.600. The van der Waals surface area contributed by atoms with Crippen molar-refractivity contribution in [2.45, 2.75) is 51.5 Å². The summed E-state index contributed by atoms with van der Waals surface area (Å²) in [4.78, 5) is 0. The molecule has 0 aliphatic carbocycles. The van der Waals surface area contributed by atoms with Crippen LogP contribution in [-0.2, 0) is 9.84 Å². The first-order chi connectivity index (χ1) is 9.26. The van der Waals surface area contributed by atoms with E-state index in [0.717, 1.165) is 11.3 Å². The molecule has 0 aliphatic rings. The van der Waals surface area contributed by atoms with Crippen LogP contribution >= 0.6 is 0 Å². The number of benzene rings is 1. The highest BCUT2D eigenvalue weighted by Gasteiger charge is 2.23. The lowest BCUT2D eigenvalue weighted by Gasteiger charge is -2.17. The predicted molar refractivity (Wildman–Crippen MR) is 82.7 cm³/mol. The highest BCUT2D eigenvalue weighted by atomic mass is 32.2. The standard InChI is InChI=1S/C15H25NO3S/c1-5-12(4)20(17,18)10-15(16)13-6-8-14(9-7-13)19-11(2)3/h6-9,11-12,15H,5,10,16H2,1-4H3.